The summed E-state index contributed by atoms with van der Waals surface area (Å²) in [4.78, 5) is 6.17. The van der Waals surface area contributed by atoms with E-state index in [2.05, 4.69) is 59.1 Å². The van der Waals surface area contributed by atoms with Crippen molar-refractivity contribution < 1.29 is 0 Å². The van der Waals surface area contributed by atoms with Crippen molar-refractivity contribution >= 4 is 0 Å². The molecule has 19 heavy (non-hydrogen) atoms. The molecule has 2 aromatic heterocycles. The predicted molar refractivity (Wildman–Crippen MR) is 73.6 cm³/mol. The Morgan fingerprint density at radius 1 is 1.37 bits per heavy atom. The Hall–Kier alpha value is -1.69. The summed E-state index contributed by atoms with van der Waals surface area (Å²) >= 11 is 0. The standard InChI is InChI=1S/C13H22N6/c1-13(2,3)12-7-11(16-17-12)8-18(4)5-6-19-10-14-9-15-19/h7,9-10H,5-6,8H2,1-4H3,(H,16,17). The molecule has 104 valence electrons. The van der Waals surface area contributed by atoms with Gasteiger partial charge in [0.1, 0.15) is 12.7 Å². The van der Waals surface area contributed by atoms with Crippen LogP contribution in [0.5, 0.6) is 0 Å². The third-order valence-electron chi connectivity index (χ3n) is 3.02. The van der Waals surface area contributed by atoms with Gasteiger partial charge in [0.25, 0.3) is 0 Å². The largest absolute Gasteiger partial charge is 0.299 e. The lowest BCUT2D eigenvalue weighted by molar-refractivity contribution is 0.301. The summed E-state index contributed by atoms with van der Waals surface area (Å²) in [6, 6.07) is 2.14. The SMILES string of the molecule is CN(CCn1cncn1)Cc1cc(C(C)(C)C)n[nH]1. The van der Waals surface area contributed by atoms with Gasteiger partial charge in [0.2, 0.25) is 0 Å². The van der Waals surface area contributed by atoms with Crippen molar-refractivity contribution in [1.29, 1.82) is 0 Å². The zero-order chi connectivity index (χ0) is 13.9. The number of nitrogens with one attached hydrogen (secondary N) is 1. The molecule has 0 amide bonds. The van der Waals surface area contributed by atoms with Crippen LogP contribution in [0.15, 0.2) is 18.7 Å². The predicted octanol–water partition coefficient (Wildman–Crippen LogP) is 1.43. The van der Waals surface area contributed by atoms with E-state index >= 15 is 0 Å². The molecule has 0 radical (unpaired) electrons. The van der Waals surface area contributed by atoms with E-state index in [0.717, 1.165) is 31.0 Å². The number of likely N-dealkylation sites (N-methyl/N-ethyl adjacent to an activating group) is 1. The summed E-state index contributed by atoms with van der Waals surface area (Å²) in [5.74, 6) is 0. The van der Waals surface area contributed by atoms with E-state index in [0.29, 0.717) is 0 Å². The smallest absolute Gasteiger partial charge is 0.137 e. The van der Waals surface area contributed by atoms with Gasteiger partial charge in [0, 0.05) is 24.2 Å². The molecular weight excluding hydrogens is 240 g/mol. The highest BCUT2D eigenvalue weighted by molar-refractivity contribution is 5.16. The Kier molecular flexibility index (Phi) is 3.99. The number of aromatic amines is 1. The second-order valence-electron chi connectivity index (χ2n) is 5.92. The van der Waals surface area contributed by atoms with Gasteiger partial charge in [-0.25, -0.2) is 4.98 Å². The third kappa shape index (κ3) is 3.89. The van der Waals surface area contributed by atoms with Gasteiger partial charge < -0.3 is 0 Å². The molecule has 0 aliphatic carbocycles. The molecule has 6 heteroatoms. The van der Waals surface area contributed by atoms with Gasteiger partial charge in [-0.15, -0.1) is 0 Å². The van der Waals surface area contributed by atoms with E-state index in [4.69, 9.17) is 0 Å². The average molecular weight is 262 g/mol. The number of rotatable bonds is 5. The minimum atomic E-state index is 0.0913. The topological polar surface area (TPSA) is 62.6 Å². The van der Waals surface area contributed by atoms with Crippen LogP contribution in [0.4, 0.5) is 0 Å². The molecule has 1 N–H and O–H groups in total. The molecule has 0 bridgehead atoms. The van der Waals surface area contributed by atoms with Crippen LogP contribution < -0.4 is 0 Å². The number of H-pyrrole nitrogens is 1. The zero-order valence-corrected chi connectivity index (χ0v) is 12.1. The van der Waals surface area contributed by atoms with Crippen molar-refractivity contribution in [1.82, 2.24) is 29.9 Å². The summed E-state index contributed by atoms with van der Waals surface area (Å²) in [5.41, 5.74) is 2.34. The Morgan fingerprint density at radius 2 is 2.16 bits per heavy atom. The Morgan fingerprint density at radius 3 is 2.74 bits per heavy atom. The molecule has 2 heterocycles. The number of aromatic nitrogens is 5. The van der Waals surface area contributed by atoms with Crippen molar-refractivity contribution in [2.24, 2.45) is 0 Å². The lowest BCUT2D eigenvalue weighted by atomic mass is 9.92. The summed E-state index contributed by atoms with van der Waals surface area (Å²) in [6.07, 6.45) is 3.30. The quantitative estimate of drug-likeness (QED) is 0.885. The maximum Gasteiger partial charge on any atom is 0.137 e. The van der Waals surface area contributed by atoms with E-state index in [1.54, 1.807) is 12.7 Å². The summed E-state index contributed by atoms with van der Waals surface area (Å²) in [7, 11) is 2.09. The fourth-order valence-electron chi connectivity index (χ4n) is 1.82. The first-order valence-electron chi connectivity index (χ1n) is 6.51. The van der Waals surface area contributed by atoms with Gasteiger partial charge in [-0.1, -0.05) is 20.8 Å². The number of hydrogen-bond donors (Lipinski definition) is 1. The first-order chi connectivity index (χ1) is 8.95. The lowest BCUT2D eigenvalue weighted by Crippen LogP contribution is -2.23. The Labute approximate surface area is 113 Å². The van der Waals surface area contributed by atoms with E-state index < -0.39 is 0 Å². The van der Waals surface area contributed by atoms with Crippen molar-refractivity contribution in [2.75, 3.05) is 13.6 Å². The van der Waals surface area contributed by atoms with Gasteiger partial charge >= 0.3 is 0 Å². The molecule has 0 aliphatic heterocycles. The van der Waals surface area contributed by atoms with E-state index in [1.807, 2.05) is 4.68 Å². The maximum absolute atomic E-state index is 4.37. The third-order valence-corrected chi connectivity index (χ3v) is 3.02. The maximum atomic E-state index is 4.37. The molecule has 0 aromatic carbocycles. The highest BCUT2D eigenvalue weighted by Gasteiger charge is 2.17. The van der Waals surface area contributed by atoms with Crippen molar-refractivity contribution in [2.45, 2.75) is 39.3 Å². The lowest BCUT2D eigenvalue weighted by Gasteiger charge is -2.15. The van der Waals surface area contributed by atoms with Crippen LogP contribution in [-0.4, -0.2) is 43.5 Å². The molecule has 2 rings (SSSR count). The van der Waals surface area contributed by atoms with Gasteiger partial charge in [0.15, 0.2) is 0 Å². The molecule has 0 aliphatic rings. The second kappa shape index (κ2) is 5.52. The number of hydrogen-bond acceptors (Lipinski definition) is 4. The van der Waals surface area contributed by atoms with Crippen LogP contribution in [0.25, 0.3) is 0 Å². The van der Waals surface area contributed by atoms with Crippen LogP contribution in [0, 0.1) is 0 Å². The zero-order valence-electron chi connectivity index (χ0n) is 12.1. The highest BCUT2D eigenvalue weighted by Crippen LogP contribution is 2.20. The molecule has 0 fully saturated rings. The average Bonchev–Trinajstić information content (AvgIpc) is 2.95. The fourth-order valence-corrected chi connectivity index (χ4v) is 1.82. The van der Waals surface area contributed by atoms with Crippen LogP contribution >= 0.6 is 0 Å². The molecule has 0 saturated carbocycles. The first kappa shape index (κ1) is 13.7. The van der Waals surface area contributed by atoms with E-state index in [1.165, 1.54) is 0 Å². The van der Waals surface area contributed by atoms with E-state index in [9.17, 15) is 0 Å². The molecule has 0 saturated heterocycles. The minimum Gasteiger partial charge on any atom is -0.299 e. The highest BCUT2D eigenvalue weighted by atomic mass is 15.3. The fraction of sp³-hybridized carbons (Fsp3) is 0.615. The van der Waals surface area contributed by atoms with Crippen LogP contribution in [0.2, 0.25) is 0 Å². The van der Waals surface area contributed by atoms with E-state index in [-0.39, 0.29) is 5.41 Å². The Bertz CT molecular complexity index is 493. The molecule has 2 aromatic rings. The monoisotopic (exact) mass is 262 g/mol. The van der Waals surface area contributed by atoms with Crippen molar-refractivity contribution in [3.63, 3.8) is 0 Å². The Balaban J connectivity index is 1.85. The van der Waals surface area contributed by atoms with Gasteiger partial charge in [-0.2, -0.15) is 10.2 Å². The van der Waals surface area contributed by atoms with Crippen molar-refractivity contribution in [3.8, 4) is 0 Å². The van der Waals surface area contributed by atoms with Crippen LogP contribution in [0.1, 0.15) is 32.2 Å². The van der Waals surface area contributed by atoms with Gasteiger partial charge in [0.05, 0.1) is 12.2 Å². The summed E-state index contributed by atoms with van der Waals surface area (Å²) in [6.45, 7) is 9.13. The summed E-state index contributed by atoms with van der Waals surface area (Å²) in [5, 5.41) is 11.6. The molecule has 6 nitrogen and oxygen atoms in total. The van der Waals surface area contributed by atoms with Gasteiger partial charge in [-0.05, 0) is 13.1 Å². The molecule has 0 atom stereocenters. The second-order valence-corrected chi connectivity index (χ2v) is 5.92. The molecule has 0 spiro atoms. The van der Waals surface area contributed by atoms with Crippen LogP contribution in [-0.2, 0) is 18.5 Å². The minimum absolute atomic E-state index is 0.0913. The van der Waals surface area contributed by atoms with Crippen molar-refractivity contribution in [3.05, 3.63) is 30.1 Å². The summed E-state index contributed by atoms with van der Waals surface area (Å²) < 4.78 is 1.84. The molecule has 0 unspecified atom stereocenters. The molecular formula is C13H22N6. The van der Waals surface area contributed by atoms with Crippen LogP contribution in [0.3, 0.4) is 0 Å². The number of nitrogens with zero attached hydrogens (tertiary/aromatic N) is 5. The first-order valence-corrected chi connectivity index (χ1v) is 6.51. The van der Waals surface area contributed by atoms with Gasteiger partial charge in [-0.3, -0.25) is 14.7 Å². The normalized spacial score (nSPS) is 12.3.